The smallest absolute Gasteiger partial charge is 0.449 e. The van der Waals surface area contributed by atoms with Gasteiger partial charge in [-0.1, -0.05) is 60.1 Å². The predicted octanol–water partition coefficient (Wildman–Crippen LogP) is 5.74. The average Bonchev–Trinajstić information content (AvgIpc) is 3.41. The van der Waals surface area contributed by atoms with E-state index in [9.17, 15) is 18.0 Å². The number of hydrogen-bond donors (Lipinski definition) is 2. The number of H-pyrrole nitrogens is 1. The number of imidazole rings is 1. The Morgan fingerprint density at radius 3 is 2.68 bits per heavy atom. The van der Waals surface area contributed by atoms with Gasteiger partial charge >= 0.3 is 12.1 Å². The van der Waals surface area contributed by atoms with E-state index in [0.717, 1.165) is 33.3 Å². The lowest BCUT2D eigenvalue weighted by atomic mass is 10.0. The number of ether oxygens (including phenoxy) is 1. The van der Waals surface area contributed by atoms with Crippen LogP contribution in [0.5, 0.6) is 0 Å². The van der Waals surface area contributed by atoms with Crippen LogP contribution in [0.3, 0.4) is 0 Å². The van der Waals surface area contributed by atoms with E-state index in [4.69, 9.17) is 16.3 Å². The second-order valence-electron chi connectivity index (χ2n) is 8.16. The molecule has 9 heteroatoms. The van der Waals surface area contributed by atoms with E-state index in [1.807, 2.05) is 42.5 Å². The van der Waals surface area contributed by atoms with Gasteiger partial charge in [-0.15, -0.1) is 0 Å². The molecular formula is C25H19ClF3N3O2. The Hall–Kier alpha value is -3.36. The molecule has 3 aromatic carbocycles. The zero-order valence-electron chi connectivity index (χ0n) is 17.7. The van der Waals surface area contributed by atoms with Gasteiger partial charge in [0, 0.05) is 12.1 Å². The molecule has 174 valence electrons. The molecule has 0 spiro atoms. The summed E-state index contributed by atoms with van der Waals surface area (Å²) in [5.74, 6) is -2.18. The van der Waals surface area contributed by atoms with E-state index < -0.39 is 24.3 Å². The van der Waals surface area contributed by atoms with Gasteiger partial charge in [0.1, 0.15) is 6.10 Å². The predicted molar refractivity (Wildman–Crippen MR) is 122 cm³/mol. The van der Waals surface area contributed by atoms with Gasteiger partial charge in [-0.2, -0.15) is 13.2 Å². The lowest BCUT2D eigenvalue weighted by Gasteiger charge is -2.23. The number of halogens is 4. The van der Waals surface area contributed by atoms with E-state index >= 15 is 0 Å². The van der Waals surface area contributed by atoms with Gasteiger partial charge in [0.25, 0.3) is 0 Å². The second-order valence-corrected chi connectivity index (χ2v) is 8.57. The molecule has 2 N–H and O–H groups in total. The topological polar surface area (TPSA) is 67.0 Å². The van der Waals surface area contributed by atoms with E-state index in [2.05, 4.69) is 15.3 Å². The van der Waals surface area contributed by atoms with Gasteiger partial charge in [-0.3, -0.25) is 0 Å². The lowest BCUT2D eigenvalue weighted by Crippen LogP contribution is -2.37. The van der Waals surface area contributed by atoms with E-state index in [0.29, 0.717) is 23.6 Å². The molecule has 1 heterocycles. The minimum Gasteiger partial charge on any atom is -0.449 e. The minimum absolute atomic E-state index is 0.395. The number of nitrogens with zero attached hydrogens (tertiary/aromatic N) is 1. The van der Waals surface area contributed by atoms with Crippen molar-refractivity contribution < 1.29 is 22.7 Å². The van der Waals surface area contributed by atoms with Crippen LogP contribution in [0.25, 0.3) is 22.2 Å². The van der Waals surface area contributed by atoms with Crippen LogP contribution in [-0.2, 0) is 22.5 Å². The summed E-state index contributed by atoms with van der Waals surface area (Å²) >= 11 is 6.43. The third-order valence-electron chi connectivity index (χ3n) is 5.97. The fourth-order valence-electron chi connectivity index (χ4n) is 4.29. The van der Waals surface area contributed by atoms with Crippen LogP contribution in [0, 0.1) is 0 Å². The minimum atomic E-state index is -5.04. The number of nitrogens with one attached hydrogen (secondary N) is 2. The average molecular weight is 486 g/mol. The summed E-state index contributed by atoms with van der Waals surface area (Å²) in [4.78, 5) is 18.8. The number of carbonyl (C=O) groups is 1. The molecule has 1 aliphatic carbocycles. The Morgan fingerprint density at radius 1 is 1.15 bits per heavy atom. The Morgan fingerprint density at radius 2 is 1.91 bits per heavy atom. The normalized spacial score (nSPS) is 17.6. The monoisotopic (exact) mass is 485 g/mol. The maximum atomic E-state index is 12.8. The van der Waals surface area contributed by atoms with Crippen molar-refractivity contribution in [2.75, 3.05) is 0 Å². The summed E-state index contributed by atoms with van der Waals surface area (Å²) in [6, 6.07) is 18.1. The van der Waals surface area contributed by atoms with Crippen LogP contribution >= 0.6 is 11.6 Å². The number of aromatic nitrogens is 2. The highest BCUT2D eigenvalue weighted by Crippen LogP contribution is 2.36. The van der Waals surface area contributed by atoms with Gasteiger partial charge in [0.2, 0.25) is 0 Å². The molecule has 4 aromatic rings. The molecule has 34 heavy (non-hydrogen) atoms. The maximum Gasteiger partial charge on any atom is 0.490 e. The Bertz CT molecular complexity index is 1350. The number of rotatable bonds is 5. The van der Waals surface area contributed by atoms with Crippen molar-refractivity contribution in [1.82, 2.24) is 15.3 Å². The van der Waals surface area contributed by atoms with Crippen molar-refractivity contribution >= 4 is 28.6 Å². The van der Waals surface area contributed by atoms with Gasteiger partial charge in [0.15, 0.2) is 0 Å². The van der Waals surface area contributed by atoms with E-state index in [-0.39, 0.29) is 0 Å². The first kappa shape index (κ1) is 22.4. The molecule has 0 saturated carbocycles. The number of hydrogen-bond acceptors (Lipinski definition) is 4. The van der Waals surface area contributed by atoms with Gasteiger partial charge in [0.05, 0.1) is 28.4 Å². The molecule has 0 radical (unpaired) electrons. The van der Waals surface area contributed by atoms with Gasteiger partial charge in [-0.05, 0) is 40.8 Å². The van der Waals surface area contributed by atoms with Crippen molar-refractivity contribution in [2.24, 2.45) is 0 Å². The number of fused-ring (bicyclic) bond motifs is 2. The lowest BCUT2D eigenvalue weighted by molar-refractivity contribution is -0.206. The summed E-state index contributed by atoms with van der Waals surface area (Å²) < 4.78 is 43.3. The largest absolute Gasteiger partial charge is 0.490 e. The van der Waals surface area contributed by atoms with Crippen molar-refractivity contribution in [3.8, 4) is 11.1 Å². The van der Waals surface area contributed by atoms with E-state index in [1.54, 1.807) is 24.5 Å². The highest BCUT2D eigenvalue weighted by Gasteiger charge is 2.45. The molecule has 2 unspecified atom stereocenters. The molecular weight excluding hydrogens is 467 g/mol. The quantitative estimate of drug-likeness (QED) is 0.353. The zero-order valence-corrected chi connectivity index (χ0v) is 18.5. The number of esters is 1. The van der Waals surface area contributed by atoms with Crippen molar-refractivity contribution in [2.45, 2.75) is 31.3 Å². The fourth-order valence-corrected chi connectivity index (χ4v) is 4.56. The molecule has 0 saturated heterocycles. The Labute approximate surface area is 197 Å². The number of benzene rings is 3. The van der Waals surface area contributed by atoms with Crippen LogP contribution in [0.1, 0.15) is 22.8 Å². The summed E-state index contributed by atoms with van der Waals surface area (Å²) in [7, 11) is 0. The summed E-state index contributed by atoms with van der Waals surface area (Å²) in [6.07, 6.45) is -3.98. The van der Waals surface area contributed by atoms with Crippen LogP contribution in [0.2, 0.25) is 5.02 Å². The SMILES string of the molecule is O=C(OC1c2ccccc2CC1NCc1ccc(-c2cc3[nH]cnc3cc2Cl)cc1)C(F)(F)F. The van der Waals surface area contributed by atoms with Gasteiger partial charge < -0.3 is 15.0 Å². The van der Waals surface area contributed by atoms with Crippen molar-refractivity contribution in [3.63, 3.8) is 0 Å². The molecule has 0 fully saturated rings. The third-order valence-corrected chi connectivity index (χ3v) is 6.29. The fraction of sp³-hybridized carbons (Fsp3) is 0.200. The second kappa shape index (κ2) is 8.77. The van der Waals surface area contributed by atoms with Crippen molar-refractivity contribution in [1.29, 1.82) is 0 Å². The third kappa shape index (κ3) is 4.38. The molecule has 5 rings (SSSR count). The molecule has 1 aromatic heterocycles. The number of aromatic amines is 1. The van der Waals surface area contributed by atoms with Crippen LogP contribution in [0.15, 0.2) is 67.0 Å². The molecule has 2 atom stereocenters. The highest BCUT2D eigenvalue weighted by molar-refractivity contribution is 6.34. The molecule has 1 aliphatic rings. The summed E-state index contributed by atoms with van der Waals surface area (Å²) in [5.41, 5.74) is 5.84. The molecule has 0 aliphatic heterocycles. The first-order chi connectivity index (χ1) is 16.3. The molecule has 0 bridgehead atoms. The zero-order chi connectivity index (χ0) is 23.9. The summed E-state index contributed by atoms with van der Waals surface area (Å²) in [6.45, 7) is 0.395. The number of alkyl halides is 3. The summed E-state index contributed by atoms with van der Waals surface area (Å²) in [5, 5.41) is 3.85. The first-order valence-corrected chi connectivity index (χ1v) is 11.0. The number of carbonyl (C=O) groups excluding carboxylic acids is 1. The molecule has 5 nitrogen and oxygen atoms in total. The highest BCUT2D eigenvalue weighted by atomic mass is 35.5. The van der Waals surface area contributed by atoms with Crippen LogP contribution < -0.4 is 5.32 Å². The van der Waals surface area contributed by atoms with Crippen LogP contribution in [-0.4, -0.2) is 28.2 Å². The van der Waals surface area contributed by atoms with Gasteiger partial charge in [-0.25, -0.2) is 9.78 Å². The maximum absolute atomic E-state index is 12.8. The van der Waals surface area contributed by atoms with Crippen molar-refractivity contribution in [3.05, 3.63) is 88.7 Å². The first-order valence-electron chi connectivity index (χ1n) is 10.6. The Balaban J connectivity index is 1.31. The standard InChI is InChI=1S/C25H19ClF3N3O2/c26-19-11-21-20(31-13-32-21)10-18(19)15-7-5-14(6-8-15)12-30-22-9-16-3-1-2-4-17(16)23(22)34-24(33)25(27,28)29/h1-8,10-11,13,22-23,30H,9,12H2,(H,31,32). The van der Waals surface area contributed by atoms with E-state index in [1.165, 1.54) is 0 Å². The molecule has 0 amide bonds. The van der Waals surface area contributed by atoms with Crippen LogP contribution in [0.4, 0.5) is 13.2 Å². The Kier molecular flexibility index (Phi) is 5.79.